The van der Waals surface area contributed by atoms with Crippen molar-refractivity contribution in [3.8, 4) is 0 Å². The third-order valence-electron chi connectivity index (χ3n) is 3.84. The van der Waals surface area contributed by atoms with Gasteiger partial charge in [-0.25, -0.2) is 9.97 Å². The average Bonchev–Trinajstić information content (AvgIpc) is 3.10. The Bertz CT molecular complexity index is 567. The molecule has 1 fully saturated rings. The summed E-state index contributed by atoms with van der Waals surface area (Å²) in [6.07, 6.45) is 4.30. The van der Waals surface area contributed by atoms with Gasteiger partial charge < -0.3 is 4.90 Å². The van der Waals surface area contributed by atoms with E-state index in [1.54, 1.807) is 11.3 Å². The van der Waals surface area contributed by atoms with E-state index < -0.39 is 0 Å². The second-order valence-electron chi connectivity index (χ2n) is 5.90. The Morgan fingerprint density at radius 3 is 3.05 bits per heavy atom. The van der Waals surface area contributed by atoms with Crippen LogP contribution in [-0.2, 0) is 13.1 Å². The number of thiophene rings is 1. The average molecular weight is 302 g/mol. The van der Waals surface area contributed by atoms with Gasteiger partial charge in [0.25, 0.3) is 0 Å². The van der Waals surface area contributed by atoms with Crippen LogP contribution in [0, 0.1) is 0 Å². The van der Waals surface area contributed by atoms with Crippen molar-refractivity contribution in [1.82, 2.24) is 19.8 Å². The van der Waals surface area contributed by atoms with Crippen LogP contribution in [-0.4, -0.2) is 40.4 Å². The summed E-state index contributed by atoms with van der Waals surface area (Å²) >= 11 is 1.77. The molecule has 3 rings (SSSR count). The van der Waals surface area contributed by atoms with Crippen molar-refractivity contribution in [3.05, 3.63) is 46.2 Å². The summed E-state index contributed by atoms with van der Waals surface area (Å²) in [5.74, 6) is 0.988. The maximum Gasteiger partial charge on any atom is 0.145 e. The zero-order chi connectivity index (χ0) is 14.7. The lowest BCUT2D eigenvalue weighted by molar-refractivity contribution is 0.239. The first kappa shape index (κ1) is 14.6. The number of hydrogen-bond acceptors (Lipinski definition) is 5. The van der Waals surface area contributed by atoms with Gasteiger partial charge in [0.15, 0.2) is 0 Å². The van der Waals surface area contributed by atoms with E-state index in [2.05, 4.69) is 45.7 Å². The number of rotatable bonds is 5. The van der Waals surface area contributed by atoms with E-state index in [9.17, 15) is 0 Å². The highest BCUT2D eigenvalue weighted by atomic mass is 32.1. The van der Waals surface area contributed by atoms with Gasteiger partial charge in [0.1, 0.15) is 5.82 Å². The molecule has 2 aromatic heterocycles. The van der Waals surface area contributed by atoms with E-state index in [1.807, 2.05) is 12.3 Å². The fourth-order valence-electron chi connectivity index (χ4n) is 2.91. The van der Waals surface area contributed by atoms with E-state index in [0.717, 1.165) is 37.6 Å². The molecular weight excluding hydrogens is 280 g/mol. The van der Waals surface area contributed by atoms with Crippen LogP contribution in [0.1, 0.15) is 36.0 Å². The lowest BCUT2D eigenvalue weighted by Crippen LogP contribution is -2.24. The number of aromatic nitrogens is 2. The zero-order valence-corrected chi connectivity index (χ0v) is 13.5. The van der Waals surface area contributed by atoms with Crippen molar-refractivity contribution in [2.75, 3.05) is 20.6 Å². The predicted octanol–water partition coefficient (Wildman–Crippen LogP) is 2.94. The Kier molecular flexibility index (Phi) is 4.63. The van der Waals surface area contributed by atoms with E-state index in [4.69, 9.17) is 4.98 Å². The molecule has 4 nitrogen and oxygen atoms in total. The SMILES string of the molecule is CN(C)Cc1ccnc([C@@H]2CCCN2Cc2ccsc2)n1. The third kappa shape index (κ3) is 3.67. The summed E-state index contributed by atoms with van der Waals surface area (Å²) in [6, 6.07) is 4.59. The second-order valence-corrected chi connectivity index (χ2v) is 6.68. The minimum Gasteiger partial charge on any atom is -0.304 e. The quantitative estimate of drug-likeness (QED) is 0.850. The molecule has 1 aliphatic heterocycles. The smallest absolute Gasteiger partial charge is 0.145 e. The summed E-state index contributed by atoms with van der Waals surface area (Å²) < 4.78 is 0. The van der Waals surface area contributed by atoms with Crippen LogP contribution in [0.2, 0.25) is 0 Å². The molecule has 21 heavy (non-hydrogen) atoms. The highest BCUT2D eigenvalue weighted by Crippen LogP contribution is 2.31. The highest BCUT2D eigenvalue weighted by molar-refractivity contribution is 7.07. The van der Waals surface area contributed by atoms with Crippen molar-refractivity contribution >= 4 is 11.3 Å². The van der Waals surface area contributed by atoms with Crippen LogP contribution in [0.4, 0.5) is 0 Å². The second kappa shape index (κ2) is 6.64. The first-order valence-electron chi connectivity index (χ1n) is 7.44. The predicted molar refractivity (Wildman–Crippen MR) is 86.1 cm³/mol. The minimum absolute atomic E-state index is 0.368. The van der Waals surface area contributed by atoms with Crippen molar-refractivity contribution in [2.45, 2.75) is 32.0 Å². The van der Waals surface area contributed by atoms with Crippen LogP contribution >= 0.6 is 11.3 Å². The molecule has 0 bridgehead atoms. The number of nitrogens with zero attached hydrogens (tertiary/aromatic N) is 4. The molecule has 1 saturated heterocycles. The van der Waals surface area contributed by atoms with Crippen LogP contribution in [0.15, 0.2) is 29.1 Å². The van der Waals surface area contributed by atoms with Gasteiger partial charge in [-0.1, -0.05) is 0 Å². The minimum atomic E-state index is 0.368. The normalized spacial score (nSPS) is 19.5. The van der Waals surface area contributed by atoms with Crippen LogP contribution < -0.4 is 0 Å². The van der Waals surface area contributed by atoms with E-state index in [-0.39, 0.29) is 0 Å². The molecular formula is C16H22N4S. The molecule has 2 aromatic rings. The Hall–Kier alpha value is -1.30. The highest BCUT2D eigenvalue weighted by Gasteiger charge is 2.28. The maximum absolute atomic E-state index is 4.78. The van der Waals surface area contributed by atoms with Gasteiger partial charge in [-0.2, -0.15) is 11.3 Å². The summed E-state index contributed by atoms with van der Waals surface area (Å²) in [4.78, 5) is 14.0. The lowest BCUT2D eigenvalue weighted by Gasteiger charge is -2.23. The van der Waals surface area contributed by atoms with E-state index in [1.165, 1.54) is 12.0 Å². The molecule has 112 valence electrons. The molecule has 0 N–H and O–H groups in total. The van der Waals surface area contributed by atoms with Crippen LogP contribution in [0.25, 0.3) is 0 Å². The van der Waals surface area contributed by atoms with Gasteiger partial charge in [0, 0.05) is 19.3 Å². The summed E-state index contributed by atoms with van der Waals surface area (Å²) in [5.41, 5.74) is 2.50. The molecule has 5 heteroatoms. The molecule has 0 amide bonds. The molecule has 0 unspecified atom stereocenters. The molecule has 0 saturated carbocycles. The van der Waals surface area contributed by atoms with Crippen LogP contribution in [0.3, 0.4) is 0 Å². The van der Waals surface area contributed by atoms with Crippen molar-refractivity contribution in [3.63, 3.8) is 0 Å². The van der Waals surface area contributed by atoms with Crippen molar-refractivity contribution in [1.29, 1.82) is 0 Å². The first-order valence-corrected chi connectivity index (χ1v) is 8.38. The van der Waals surface area contributed by atoms with Gasteiger partial charge in [-0.05, 0) is 61.9 Å². The van der Waals surface area contributed by atoms with E-state index >= 15 is 0 Å². The van der Waals surface area contributed by atoms with E-state index in [0.29, 0.717) is 6.04 Å². The number of likely N-dealkylation sites (tertiary alicyclic amines) is 1. The molecule has 0 spiro atoms. The van der Waals surface area contributed by atoms with Gasteiger partial charge >= 0.3 is 0 Å². The molecule has 1 atom stereocenters. The molecule has 0 radical (unpaired) electrons. The Balaban J connectivity index is 1.75. The zero-order valence-electron chi connectivity index (χ0n) is 12.7. The lowest BCUT2D eigenvalue weighted by atomic mass is 10.2. The fourth-order valence-corrected chi connectivity index (χ4v) is 3.57. The summed E-state index contributed by atoms with van der Waals surface area (Å²) in [5, 5.41) is 4.38. The topological polar surface area (TPSA) is 32.3 Å². The Labute approximate surface area is 130 Å². The van der Waals surface area contributed by atoms with Gasteiger partial charge in [-0.3, -0.25) is 4.90 Å². The first-order chi connectivity index (χ1) is 10.2. The summed E-state index contributed by atoms with van der Waals surface area (Å²) in [6.45, 7) is 3.02. The van der Waals surface area contributed by atoms with Gasteiger partial charge in [-0.15, -0.1) is 0 Å². The standard InChI is InChI=1S/C16H22N4S/c1-19(2)11-14-5-7-17-16(18-14)15-4-3-8-20(15)10-13-6-9-21-12-13/h5-7,9,12,15H,3-4,8,10-11H2,1-2H3/t15-/m0/s1. The molecule has 0 aliphatic carbocycles. The Morgan fingerprint density at radius 2 is 2.29 bits per heavy atom. The van der Waals surface area contributed by atoms with Crippen molar-refractivity contribution < 1.29 is 0 Å². The maximum atomic E-state index is 4.78. The molecule has 0 aromatic carbocycles. The fraction of sp³-hybridized carbons (Fsp3) is 0.500. The van der Waals surface area contributed by atoms with Gasteiger partial charge in [0.2, 0.25) is 0 Å². The van der Waals surface area contributed by atoms with Crippen molar-refractivity contribution in [2.24, 2.45) is 0 Å². The third-order valence-corrected chi connectivity index (χ3v) is 4.57. The Morgan fingerprint density at radius 1 is 1.38 bits per heavy atom. The van der Waals surface area contributed by atoms with Crippen LogP contribution in [0.5, 0.6) is 0 Å². The number of hydrogen-bond donors (Lipinski definition) is 0. The molecule has 1 aliphatic rings. The monoisotopic (exact) mass is 302 g/mol. The van der Waals surface area contributed by atoms with Gasteiger partial charge in [0.05, 0.1) is 11.7 Å². The molecule has 3 heterocycles. The largest absolute Gasteiger partial charge is 0.304 e. The summed E-state index contributed by atoms with van der Waals surface area (Å²) in [7, 11) is 4.14.